The minimum Gasteiger partial charge on any atom is -0.464 e. The number of furan rings is 1. The lowest BCUT2D eigenvalue weighted by molar-refractivity contribution is 0.616. The molecule has 2 heterocycles. The van der Waals surface area contributed by atoms with Gasteiger partial charge >= 0.3 is 0 Å². The van der Waals surface area contributed by atoms with E-state index < -0.39 is 0 Å². The highest BCUT2D eigenvalue weighted by atomic mass is 16.3. The SMILES string of the molecule is C=N/C(C#N)=C\c1[nH]nc(-c2coc3ccccc23)c1C. The molecule has 0 fully saturated rings. The van der Waals surface area contributed by atoms with Gasteiger partial charge in [-0.3, -0.25) is 10.1 Å². The number of hydrogen-bond donors (Lipinski definition) is 1. The standard InChI is InChI=1S/C16H12N4O/c1-10-14(7-11(8-17)18-2)19-20-16(10)13-9-21-15-6-4-3-5-12(13)15/h3-7,9H,2H2,1H3,(H,19,20)/b11-7-. The zero-order valence-corrected chi connectivity index (χ0v) is 11.4. The summed E-state index contributed by atoms with van der Waals surface area (Å²) >= 11 is 0. The third-order valence-corrected chi connectivity index (χ3v) is 3.35. The van der Waals surface area contributed by atoms with Crippen LogP contribution in [0, 0.1) is 18.3 Å². The van der Waals surface area contributed by atoms with Gasteiger partial charge in [0.15, 0.2) is 0 Å². The molecular weight excluding hydrogens is 264 g/mol. The first-order chi connectivity index (χ1) is 10.2. The second kappa shape index (κ2) is 5.10. The number of hydrogen-bond acceptors (Lipinski definition) is 4. The molecule has 0 unspecified atom stereocenters. The molecule has 0 aliphatic rings. The lowest BCUT2D eigenvalue weighted by Gasteiger charge is -1.96. The van der Waals surface area contributed by atoms with Crippen LogP contribution in [-0.2, 0) is 0 Å². The van der Waals surface area contributed by atoms with E-state index in [0.29, 0.717) is 0 Å². The molecule has 0 amide bonds. The zero-order chi connectivity index (χ0) is 14.8. The van der Waals surface area contributed by atoms with Crippen LogP contribution < -0.4 is 0 Å². The highest BCUT2D eigenvalue weighted by molar-refractivity contribution is 5.94. The first-order valence-corrected chi connectivity index (χ1v) is 6.34. The molecule has 1 N–H and O–H groups in total. The van der Waals surface area contributed by atoms with Crippen LogP contribution in [0.1, 0.15) is 11.3 Å². The molecule has 5 heteroatoms. The fourth-order valence-electron chi connectivity index (χ4n) is 2.23. The van der Waals surface area contributed by atoms with Gasteiger partial charge in [0, 0.05) is 16.5 Å². The minimum atomic E-state index is 0.241. The molecule has 1 aromatic carbocycles. The van der Waals surface area contributed by atoms with Gasteiger partial charge in [0.1, 0.15) is 23.6 Å². The Morgan fingerprint density at radius 2 is 2.29 bits per heavy atom. The van der Waals surface area contributed by atoms with Crippen LogP contribution in [0.4, 0.5) is 0 Å². The summed E-state index contributed by atoms with van der Waals surface area (Å²) in [5.74, 6) is 0. The fourth-order valence-corrected chi connectivity index (χ4v) is 2.23. The van der Waals surface area contributed by atoms with E-state index >= 15 is 0 Å². The number of aromatic amines is 1. The van der Waals surface area contributed by atoms with Crippen molar-refractivity contribution in [3.8, 4) is 17.3 Å². The van der Waals surface area contributed by atoms with Crippen LogP contribution in [0.3, 0.4) is 0 Å². The average Bonchev–Trinajstić information content (AvgIpc) is 3.09. The number of allylic oxidation sites excluding steroid dienone is 1. The van der Waals surface area contributed by atoms with Crippen molar-refractivity contribution < 1.29 is 4.42 Å². The summed E-state index contributed by atoms with van der Waals surface area (Å²) in [5.41, 5.74) is 4.44. The first kappa shape index (κ1) is 12.9. The summed E-state index contributed by atoms with van der Waals surface area (Å²) in [7, 11) is 0. The first-order valence-electron chi connectivity index (χ1n) is 6.34. The Morgan fingerprint density at radius 1 is 1.48 bits per heavy atom. The summed E-state index contributed by atoms with van der Waals surface area (Å²) in [5, 5.41) is 17.2. The number of nitrogens with zero attached hydrogens (tertiary/aromatic N) is 3. The molecule has 3 rings (SSSR count). The Labute approximate surface area is 121 Å². The van der Waals surface area contributed by atoms with Gasteiger partial charge in [-0.05, 0) is 25.8 Å². The van der Waals surface area contributed by atoms with E-state index in [9.17, 15) is 0 Å². The van der Waals surface area contributed by atoms with E-state index in [1.165, 1.54) is 0 Å². The molecule has 0 aliphatic carbocycles. The molecule has 2 aromatic heterocycles. The number of aromatic nitrogens is 2. The molecule has 0 radical (unpaired) electrons. The van der Waals surface area contributed by atoms with Gasteiger partial charge in [0.2, 0.25) is 0 Å². The van der Waals surface area contributed by atoms with Crippen LogP contribution in [0.5, 0.6) is 0 Å². The maximum absolute atomic E-state index is 8.91. The van der Waals surface area contributed by atoms with Gasteiger partial charge in [-0.1, -0.05) is 18.2 Å². The van der Waals surface area contributed by atoms with E-state index in [4.69, 9.17) is 9.68 Å². The molecule has 0 bridgehead atoms. The molecule has 102 valence electrons. The molecule has 21 heavy (non-hydrogen) atoms. The number of rotatable bonds is 3. The zero-order valence-electron chi connectivity index (χ0n) is 11.4. The van der Waals surface area contributed by atoms with Crippen molar-refractivity contribution in [3.63, 3.8) is 0 Å². The molecule has 0 atom stereocenters. The average molecular weight is 276 g/mol. The van der Waals surface area contributed by atoms with Crippen LogP contribution >= 0.6 is 0 Å². The highest BCUT2D eigenvalue weighted by Crippen LogP contribution is 2.32. The van der Waals surface area contributed by atoms with Gasteiger partial charge in [0.25, 0.3) is 0 Å². The largest absolute Gasteiger partial charge is 0.464 e. The number of benzene rings is 1. The van der Waals surface area contributed by atoms with Crippen molar-refractivity contribution >= 4 is 23.8 Å². The van der Waals surface area contributed by atoms with Gasteiger partial charge in [0.05, 0.1) is 11.4 Å². The van der Waals surface area contributed by atoms with E-state index in [0.717, 1.165) is 33.5 Å². The van der Waals surface area contributed by atoms with Gasteiger partial charge in [-0.25, -0.2) is 0 Å². The lowest BCUT2D eigenvalue weighted by Crippen LogP contribution is -1.81. The van der Waals surface area contributed by atoms with Crippen molar-refractivity contribution in [2.75, 3.05) is 0 Å². The third kappa shape index (κ3) is 2.13. The van der Waals surface area contributed by atoms with Gasteiger partial charge in [-0.2, -0.15) is 10.4 Å². The summed E-state index contributed by atoms with van der Waals surface area (Å²) in [6, 6.07) is 9.75. The normalized spacial score (nSPS) is 11.5. The van der Waals surface area contributed by atoms with E-state index in [1.807, 2.05) is 37.3 Å². The van der Waals surface area contributed by atoms with Gasteiger partial charge in [-0.15, -0.1) is 0 Å². The Balaban J connectivity index is 2.13. The van der Waals surface area contributed by atoms with E-state index in [1.54, 1.807) is 12.3 Å². The summed E-state index contributed by atoms with van der Waals surface area (Å²) in [4.78, 5) is 3.65. The van der Waals surface area contributed by atoms with Crippen LogP contribution in [0.2, 0.25) is 0 Å². The molecule has 5 nitrogen and oxygen atoms in total. The van der Waals surface area contributed by atoms with Crippen molar-refractivity contribution in [3.05, 3.63) is 47.5 Å². The topological polar surface area (TPSA) is 78.0 Å². The molecule has 0 spiro atoms. The molecule has 0 aliphatic heterocycles. The van der Waals surface area contributed by atoms with Crippen molar-refractivity contribution in [2.45, 2.75) is 6.92 Å². The van der Waals surface area contributed by atoms with Gasteiger partial charge < -0.3 is 4.42 Å². The van der Waals surface area contributed by atoms with Crippen molar-refractivity contribution in [1.82, 2.24) is 10.2 Å². The fraction of sp³-hybridized carbons (Fsp3) is 0.0625. The Hall–Kier alpha value is -3.13. The van der Waals surface area contributed by atoms with Crippen molar-refractivity contribution in [1.29, 1.82) is 5.26 Å². The second-order valence-corrected chi connectivity index (χ2v) is 4.56. The molecular formula is C16H12N4O. The minimum absolute atomic E-state index is 0.241. The van der Waals surface area contributed by atoms with Crippen LogP contribution in [0.25, 0.3) is 28.3 Å². The summed E-state index contributed by atoms with van der Waals surface area (Å²) < 4.78 is 5.54. The van der Waals surface area contributed by atoms with E-state index in [-0.39, 0.29) is 5.70 Å². The summed E-state index contributed by atoms with van der Waals surface area (Å²) in [6.45, 7) is 5.30. The predicted molar refractivity (Wildman–Crippen MR) is 81.7 cm³/mol. The number of aliphatic imine (C=N–C) groups is 1. The number of para-hydroxylation sites is 1. The Bertz CT molecular complexity index is 893. The van der Waals surface area contributed by atoms with Crippen LogP contribution in [0.15, 0.2) is 45.6 Å². The molecule has 0 saturated heterocycles. The smallest absolute Gasteiger partial charge is 0.141 e. The number of nitriles is 1. The predicted octanol–water partition coefficient (Wildman–Crippen LogP) is 3.70. The monoisotopic (exact) mass is 276 g/mol. The third-order valence-electron chi connectivity index (χ3n) is 3.35. The molecule has 3 aromatic rings. The molecule has 0 saturated carbocycles. The summed E-state index contributed by atoms with van der Waals surface area (Å²) in [6.07, 6.45) is 3.32. The lowest BCUT2D eigenvalue weighted by atomic mass is 10.1. The number of nitrogens with one attached hydrogen (secondary N) is 1. The second-order valence-electron chi connectivity index (χ2n) is 4.56. The quantitative estimate of drug-likeness (QED) is 0.585. The Morgan fingerprint density at radius 3 is 3.05 bits per heavy atom. The van der Waals surface area contributed by atoms with E-state index in [2.05, 4.69) is 21.9 Å². The number of fused-ring (bicyclic) bond motifs is 1. The highest BCUT2D eigenvalue weighted by Gasteiger charge is 2.15. The van der Waals surface area contributed by atoms with Crippen LogP contribution in [-0.4, -0.2) is 16.9 Å². The maximum Gasteiger partial charge on any atom is 0.141 e. The maximum atomic E-state index is 8.91. The van der Waals surface area contributed by atoms with Crippen molar-refractivity contribution in [2.24, 2.45) is 4.99 Å². The number of H-pyrrole nitrogens is 1. The Kier molecular flexibility index (Phi) is 3.13.